The highest BCUT2D eigenvalue weighted by atomic mass is 32.1. The van der Waals surface area contributed by atoms with Gasteiger partial charge in [-0.15, -0.1) is 0 Å². The van der Waals surface area contributed by atoms with Gasteiger partial charge in [0.15, 0.2) is 5.11 Å². The van der Waals surface area contributed by atoms with Gasteiger partial charge < -0.3 is 19.7 Å². The van der Waals surface area contributed by atoms with E-state index in [0.717, 1.165) is 22.8 Å². The predicted molar refractivity (Wildman–Crippen MR) is 120 cm³/mol. The second kappa shape index (κ2) is 7.65. The van der Waals surface area contributed by atoms with E-state index >= 15 is 0 Å². The lowest BCUT2D eigenvalue weighted by molar-refractivity contribution is 0.434. The van der Waals surface area contributed by atoms with Gasteiger partial charge in [-0.05, 0) is 48.6 Å². The second-order valence-electron chi connectivity index (χ2n) is 7.05. The lowest BCUT2D eigenvalue weighted by Gasteiger charge is -2.26. The van der Waals surface area contributed by atoms with Crippen molar-refractivity contribution in [3.05, 3.63) is 103 Å². The van der Waals surface area contributed by atoms with Crippen LogP contribution in [0, 0.1) is 0 Å². The lowest BCUT2D eigenvalue weighted by Crippen LogP contribution is -2.29. The van der Waals surface area contributed by atoms with Crippen molar-refractivity contribution in [2.24, 2.45) is 0 Å². The fourth-order valence-electron chi connectivity index (χ4n) is 3.84. The minimum Gasteiger partial charge on any atom is -0.506 e. The Hall–Kier alpha value is -3.64. The molecule has 2 N–H and O–H groups in total. The van der Waals surface area contributed by atoms with E-state index in [1.165, 1.54) is 0 Å². The van der Waals surface area contributed by atoms with Gasteiger partial charge in [-0.1, -0.05) is 48.5 Å². The molecule has 1 fully saturated rings. The molecule has 0 saturated carbocycles. The molecule has 1 aliphatic rings. The highest BCUT2D eigenvalue weighted by Gasteiger charge is 2.43. The van der Waals surface area contributed by atoms with Gasteiger partial charge in [0, 0.05) is 11.8 Å². The van der Waals surface area contributed by atoms with E-state index in [-0.39, 0.29) is 17.8 Å². The largest absolute Gasteiger partial charge is 0.506 e. The molecule has 0 unspecified atom stereocenters. The normalized spacial score (nSPS) is 18.4. The molecule has 3 heterocycles. The van der Waals surface area contributed by atoms with Crippen LogP contribution in [0.1, 0.15) is 23.5 Å². The van der Waals surface area contributed by atoms with Crippen molar-refractivity contribution in [1.82, 2.24) is 10.3 Å². The van der Waals surface area contributed by atoms with Crippen molar-refractivity contribution in [2.45, 2.75) is 12.1 Å². The van der Waals surface area contributed by atoms with E-state index in [4.69, 9.17) is 16.6 Å². The molecule has 6 heteroatoms. The van der Waals surface area contributed by atoms with E-state index in [9.17, 15) is 5.11 Å². The molecule has 4 aromatic rings. The summed E-state index contributed by atoms with van der Waals surface area (Å²) in [7, 11) is 0. The first-order valence-corrected chi connectivity index (χ1v) is 10.1. The van der Waals surface area contributed by atoms with Crippen LogP contribution >= 0.6 is 12.2 Å². The molecule has 2 aromatic carbocycles. The van der Waals surface area contributed by atoms with Crippen LogP contribution in [-0.4, -0.2) is 15.2 Å². The van der Waals surface area contributed by atoms with Crippen LogP contribution in [0.15, 0.2) is 95.5 Å². The average Bonchev–Trinajstić information content (AvgIpc) is 3.40. The van der Waals surface area contributed by atoms with Gasteiger partial charge in [0.05, 0.1) is 17.4 Å². The standard InChI is InChI=1S/C24H19N3O2S/c28-19-12-5-4-11-18(19)27-23(22(26-24(27)30)17-10-6-7-15-25-17)21-14-13-20(29-21)16-8-2-1-3-9-16/h1-15,22-23,28H,(H,26,30)/t22-,23+/m0/s1. The second-order valence-corrected chi connectivity index (χ2v) is 7.44. The van der Waals surface area contributed by atoms with Crippen LogP contribution in [0.5, 0.6) is 5.75 Å². The number of aromatic hydroxyl groups is 1. The highest BCUT2D eigenvalue weighted by molar-refractivity contribution is 7.80. The minimum atomic E-state index is -0.307. The number of hydrogen-bond donors (Lipinski definition) is 2. The number of phenols is 1. The Morgan fingerprint density at radius 1 is 0.900 bits per heavy atom. The molecule has 0 amide bonds. The number of benzene rings is 2. The van der Waals surface area contributed by atoms with Crippen molar-refractivity contribution in [1.29, 1.82) is 0 Å². The summed E-state index contributed by atoms with van der Waals surface area (Å²) in [5.74, 6) is 1.67. The van der Waals surface area contributed by atoms with E-state index < -0.39 is 0 Å². The zero-order valence-electron chi connectivity index (χ0n) is 16.0. The van der Waals surface area contributed by atoms with Crippen LogP contribution in [0.2, 0.25) is 0 Å². The molecule has 0 bridgehead atoms. The first-order chi connectivity index (χ1) is 14.7. The van der Waals surface area contributed by atoms with Crippen LogP contribution < -0.4 is 10.2 Å². The number of rotatable bonds is 4. The van der Waals surface area contributed by atoms with Crippen molar-refractivity contribution in [2.75, 3.05) is 4.90 Å². The quantitative estimate of drug-likeness (QED) is 0.447. The number of thiocarbonyl (C=S) groups is 1. The summed E-state index contributed by atoms with van der Waals surface area (Å²) in [6.07, 6.45) is 1.76. The van der Waals surface area contributed by atoms with Crippen molar-refractivity contribution in [3.63, 3.8) is 0 Å². The number of para-hydroxylation sites is 2. The Balaban J connectivity index is 1.62. The molecular weight excluding hydrogens is 394 g/mol. The number of anilines is 1. The number of nitrogens with zero attached hydrogens (tertiary/aromatic N) is 2. The van der Waals surface area contributed by atoms with Crippen LogP contribution in [0.25, 0.3) is 11.3 Å². The van der Waals surface area contributed by atoms with Crippen molar-refractivity contribution >= 4 is 23.0 Å². The Kier molecular flexibility index (Phi) is 4.69. The van der Waals surface area contributed by atoms with Crippen LogP contribution in [0.3, 0.4) is 0 Å². The zero-order valence-corrected chi connectivity index (χ0v) is 16.8. The fourth-order valence-corrected chi connectivity index (χ4v) is 4.18. The molecule has 5 rings (SSSR count). The molecule has 2 aromatic heterocycles. The Labute approximate surface area is 179 Å². The summed E-state index contributed by atoms with van der Waals surface area (Å²) in [6.45, 7) is 0. The molecule has 0 spiro atoms. The number of aromatic nitrogens is 1. The summed E-state index contributed by atoms with van der Waals surface area (Å²) in [5, 5.41) is 14.4. The number of phenolic OH excluding ortho intramolecular Hbond substituents is 1. The Bertz CT molecular complexity index is 1180. The summed E-state index contributed by atoms with van der Waals surface area (Å²) >= 11 is 5.67. The number of hydrogen-bond acceptors (Lipinski definition) is 4. The summed E-state index contributed by atoms with van der Waals surface area (Å²) in [6, 6.07) is 26.3. The number of nitrogens with one attached hydrogen (secondary N) is 1. The third kappa shape index (κ3) is 3.21. The molecule has 0 aliphatic carbocycles. The van der Waals surface area contributed by atoms with Gasteiger partial charge in [0.25, 0.3) is 0 Å². The van der Waals surface area contributed by atoms with Gasteiger partial charge in [0.2, 0.25) is 0 Å². The smallest absolute Gasteiger partial charge is 0.174 e. The molecule has 1 saturated heterocycles. The number of pyridine rings is 1. The predicted octanol–water partition coefficient (Wildman–Crippen LogP) is 5.22. The SMILES string of the molecule is Oc1ccccc1N1C(=S)N[C@@H](c2ccccn2)[C@H]1c1ccc(-c2ccccc2)o1. The van der Waals surface area contributed by atoms with Gasteiger partial charge in [-0.3, -0.25) is 4.98 Å². The summed E-state index contributed by atoms with van der Waals surface area (Å²) in [4.78, 5) is 6.43. The molecule has 148 valence electrons. The average molecular weight is 414 g/mol. The Morgan fingerprint density at radius 2 is 1.67 bits per heavy atom. The Morgan fingerprint density at radius 3 is 2.43 bits per heavy atom. The fraction of sp³-hybridized carbons (Fsp3) is 0.0833. The number of furan rings is 1. The molecule has 5 nitrogen and oxygen atoms in total. The summed E-state index contributed by atoms with van der Waals surface area (Å²) < 4.78 is 6.29. The molecule has 2 atom stereocenters. The lowest BCUT2D eigenvalue weighted by atomic mass is 10.0. The van der Waals surface area contributed by atoms with Crippen molar-refractivity contribution < 1.29 is 9.52 Å². The first kappa shape index (κ1) is 18.4. The minimum absolute atomic E-state index is 0.156. The molecule has 1 aliphatic heterocycles. The maximum Gasteiger partial charge on any atom is 0.174 e. The van der Waals surface area contributed by atoms with Gasteiger partial charge in [-0.2, -0.15) is 0 Å². The van der Waals surface area contributed by atoms with Crippen LogP contribution in [-0.2, 0) is 0 Å². The van der Waals surface area contributed by atoms with E-state index in [1.807, 2.05) is 77.7 Å². The topological polar surface area (TPSA) is 61.5 Å². The van der Waals surface area contributed by atoms with E-state index in [0.29, 0.717) is 10.8 Å². The zero-order chi connectivity index (χ0) is 20.5. The maximum absolute atomic E-state index is 10.5. The molecule has 0 radical (unpaired) electrons. The first-order valence-electron chi connectivity index (χ1n) is 9.66. The van der Waals surface area contributed by atoms with Gasteiger partial charge in [0.1, 0.15) is 23.3 Å². The van der Waals surface area contributed by atoms with E-state index in [2.05, 4.69) is 10.3 Å². The third-order valence-corrected chi connectivity index (χ3v) is 5.53. The monoisotopic (exact) mass is 413 g/mol. The van der Waals surface area contributed by atoms with E-state index in [1.54, 1.807) is 18.3 Å². The van der Waals surface area contributed by atoms with Crippen LogP contribution in [0.4, 0.5) is 5.69 Å². The van der Waals surface area contributed by atoms with Gasteiger partial charge in [-0.25, -0.2) is 0 Å². The van der Waals surface area contributed by atoms with Gasteiger partial charge >= 0.3 is 0 Å². The molecule has 30 heavy (non-hydrogen) atoms. The maximum atomic E-state index is 10.5. The van der Waals surface area contributed by atoms with Crippen molar-refractivity contribution in [3.8, 4) is 17.1 Å². The third-order valence-electron chi connectivity index (χ3n) is 5.22. The molecular formula is C24H19N3O2S. The highest BCUT2D eigenvalue weighted by Crippen LogP contribution is 2.45. The summed E-state index contributed by atoms with van der Waals surface area (Å²) in [5.41, 5.74) is 2.47.